The maximum atomic E-state index is 10.1. The van der Waals surface area contributed by atoms with Gasteiger partial charge in [0.25, 0.3) is 0 Å². The maximum absolute atomic E-state index is 10.1. The van der Waals surface area contributed by atoms with Crippen LogP contribution in [0.4, 0.5) is 0 Å². The van der Waals surface area contributed by atoms with Crippen molar-refractivity contribution in [1.82, 2.24) is 20.0 Å². The quantitative estimate of drug-likeness (QED) is 0.706. The molecule has 3 atom stereocenters. The summed E-state index contributed by atoms with van der Waals surface area (Å²) in [4.78, 5) is 2.28. The van der Waals surface area contributed by atoms with Gasteiger partial charge in [-0.3, -0.25) is 9.58 Å². The molecule has 2 rings (SSSR count). The maximum Gasteiger partial charge on any atom is 0.0791 e. The van der Waals surface area contributed by atoms with Gasteiger partial charge in [0.15, 0.2) is 0 Å². The summed E-state index contributed by atoms with van der Waals surface area (Å²) in [6.45, 7) is 10.9. The van der Waals surface area contributed by atoms with Crippen molar-refractivity contribution in [2.45, 2.75) is 45.6 Å². The average Bonchev–Trinajstić information content (AvgIpc) is 2.79. The zero-order chi connectivity index (χ0) is 15.2. The smallest absolute Gasteiger partial charge is 0.0791 e. The first kappa shape index (κ1) is 16.4. The lowest BCUT2D eigenvalue weighted by molar-refractivity contribution is -0.0762. The molecule has 0 amide bonds. The molecule has 2 N–H and O–H groups in total. The number of aryl methyl sites for hydroxylation is 1. The summed E-state index contributed by atoms with van der Waals surface area (Å²) in [6, 6.07) is 0. The Labute approximate surface area is 127 Å². The van der Waals surface area contributed by atoms with E-state index in [9.17, 15) is 5.11 Å². The van der Waals surface area contributed by atoms with E-state index in [1.165, 1.54) is 5.56 Å². The van der Waals surface area contributed by atoms with Gasteiger partial charge in [-0.15, -0.1) is 0 Å². The molecule has 21 heavy (non-hydrogen) atoms. The van der Waals surface area contributed by atoms with Crippen LogP contribution < -0.4 is 5.32 Å². The Morgan fingerprint density at radius 3 is 2.76 bits per heavy atom. The highest BCUT2D eigenvalue weighted by atomic mass is 16.5. The van der Waals surface area contributed by atoms with Crippen molar-refractivity contribution >= 4 is 0 Å². The zero-order valence-electron chi connectivity index (χ0n) is 13.3. The van der Waals surface area contributed by atoms with Gasteiger partial charge in [0, 0.05) is 38.9 Å². The number of aliphatic hydroxyl groups is 1. The second-order valence-electron chi connectivity index (χ2n) is 6.11. The van der Waals surface area contributed by atoms with E-state index in [4.69, 9.17) is 4.74 Å². The van der Waals surface area contributed by atoms with Gasteiger partial charge in [0.05, 0.1) is 31.1 Å². The molecule has 1 aliphatic rings. The number of aromatic nitrogens is 2. The number of aliphatic hydroxyl groups excluding tert-OH is 1. The topological polar surface area (TPSA) is 62.5 Å². The van der Waals surface area contributed by atoms with Gasteiger partial charge >= 0.3 is 0 Å². The van der Waals surface area contributed by atoms with Crippen LogP contribution in [0, 0.1) is 6.92 Å². The van der Waals surface area contributed by atoms with Crippen molar-refractivity contribution in [3.63, 3.8) is 0 Å². The first-order chi connectivity index (χ1) is 10.0. The van der Waals surface area contributed by atoms with Gasteiger partial charge in [-0.25, -0.2) is 0 Å². The molecule has 0 bridgehead atoms. The molecule has 120 valence electrons. The van der Waals surface area contributed by atoms with E-state index in [-0.39, 0.29) is 18.3 Å². The molecule has 2 heterocycles. The summed E-state index contributed by atoms with van der Waals surface area (Å²) in [6.07, 6.45) is 4.03. The molecule has 1 aromatic heterocycles. The molecule has 1 aliphatic heterocycles. The normalized spacial score (nSPS) is 25.1. The van der Waals surface area contributed by atoms with E-state index in [0.717, 1.165) is 26.2 Å². The van der Waals surface area contributed by atoms with Crippen LogP contribution in [0.15, 0.2) is 12.4 Å². The van der Waals surface area contributed by atoms with Crippen LogP contribution in [0.3, 0.4) is 0 Å². The first-order valence-electron chi connectivity index (χ1n) is 7.78. The van der Waals surface area contributed by atoms with Crippen LogP contribution >= 0.6 is 0 Å². The van der Waals surface area contributed by atoms with E-state index < -0.39 is 0 Å². The second-order valence-corrected chi connectivity index (χ2v) is 6.11. The molecular weight excluding hydrogens is 268 g/mol. The van der Waals surface area contributed by atoms with E-state index in [0.29, 0.717) is 13.1 Å². The third kappa shape index (κ3) is 5.74. The van der Waals surface area contributed by atoms with Gasteiger partial charge in [-0.05, 0) is 26.3 Å². The Kier molecular flexibility index (Phi) is 6.17. The van der Waals surface area contributed by atoms with Gasteiger partial charge in [-0.2, -0.15) is 5.10 Å². The molecular formula is C15H28N4O2. The highest BCUT2D eigenvalue weighted by Crippen LogP contribution is 2.10. The fourth-order valence-corrected chi connectivity index (χ4v) is 2.85. The Bertz CT molecular complexity index is 414. The molecule has 0 spiro atoms. The molecule has 0 aromatic carbocycles. The Hall–Kier alpha value is -0.950. The number of hydrogen-bond acceptors (Lipinski definition) is 5. The number of hydrogen-bond donors (Lipinski definition) is 2. The lowest BCUT2D eigenvalue weighted by Crippen LogP contribution is -2.49. The first-order valence-corrected chi connectivity index (χ1v) is 7.78. The van der Waals surface area contributed by atoms with E-state index in [1.54, 1.807) is 0 Å². The number of β-amino-alcohol motifs (C(OH)–C–C–N with tert-alkyl or cyclic N) is 1. The molecule has 0 radical (unpaired) electrons. The number of rotatable bonds is 7. The van der Waals surface area contributed by atoms with Gasteiger partial charge < -0.3 is 15.2 Å². The molecule has 0 saturated carbocycles. The van der Waals surface area contributed by atoms with Crippen LogP contribution in [0.1, 0.15) is 19.4 Å². The third-order valence-corrected chi connectivity index (χ3v) is 3.62. The SMILES string of the molecule is Cc1cnn(CCNC[C@H](O)CN2C[C@@H](C)O[C@H](C)C2)c1. The second kappa shape index (κ2) is 7.89. The zero-order valence-corrected chi connectivity index (χ0v) is 13.3. The summed E-state index contributed by atoms with van der Waals surface area (Å²) < 4.78 is 7.62. The van der Waals surface area contributed by atoms with E-state index >= 15 is 0 Å². The summed E-state index contributed by atoms with van der Waals surface area (Å²) in [7, 11) is 0. The van der Waals surface area contributed by atoms with Crippen LogP contribution in [0.2, 0.25) is 0 Å². The molecule has 1 aromatic rings. The summed E-state index contributed by atoms with van der Waals surface area (Å²) >= 11 is 0. The number of ether oxygens (including phenoxy) is 1. The third-order valence-electron chi connectivity index (χ3n) is 3.62. The highest BCUT2D eigenvalue weighted by Gasteiger charge is 2.23. The predicted molar refractivity (Wildman–Crippen MR) is 82.3 cm³/mol. The Morgan fingerprint density at radius 1 is 1.43 bits per heavy atom. The van der Waals surface area contributed by atoms with Crippen molar-refractivity contribution in [2.24, 2.45) is 0 Å². The van der Waals surface area contributed by atoms with Crippen molar-refractivity contribution in [1.29, 1.82) is 0 Å². The highest BCUT2D eigenvalue weighted by molar-refractivity contribution is 4.99. The van der Waals surface area contributed by atoms with Crippen molar-refractivity contribution in [2.75, 3.05) is 32.7 Å². The van der Waals surface area contributed by atoms with Crippen molar-refractivity contribution in [3.8, 4) is 0 Å². The number of nitrogens with zero attached hydrogens (tertiary/aromatic N) is 3. The lowest BCUT2D eigenvalue weighted by Gasteiger charge is -2.36. The Balaban J connectivity index is 1.60. The molecule has 0 aliphatic carbocycles. The minimum absolute atomic E-state index is 0.247. The Morgan fingerprint density at radius 2 is 2.14 bits per heavy atom. The summed E-state index contributed by atoms with van der Waals surface area (Å²) in [5, 5.41) is 17.6. The fraction of sp³-hybridized carbons (Fsp3) is 0.800. The standard InChI is InChI=1S/C15H28N4O2/c1-12-6-17-19(8-12)5-4-16-7-15(20)11-18-9-13(2)21-14(3)10-18/h6,8,13-16,20H,4-5,7,9-11H2,1-3H3/t13-,14-,15+/m1/s1. The van der Waals surface area contributed by atoms with Gasteiger partial charge in [0.1, 0.15) is 0 Å². The van der Waals surface area contributed by atoms with E-state index in [1.807, 2.05) is 24.0 Å². The number of morpholine rings is 1. The van der Waals surface area contributed by atoms with Crippen molar-refractivity contribution < 1.29 is 9.84 Å². The van der Waals surface area contributed by atoms with E-state index in [2.05, 4.69) is 29.2 Å². The minimum Gasteiger partial charge on any atom is -0.390 e. The van der Waals surface area contributed by atoms with Gasteiger partial charge in [-0.1, -0.05) is 0 Å². The minimum atomic E-state index is -0.346. The van der Waals surface area contributed by atoms with Crippen LogP contribution in [-0.2, 0) is 11.3 Å². The lowest BCUT2D eigenvalue weighted by atomic mass is 10.2. The van der Waals surface area contributed by atoms with Crippen LogP contribution in [0.25, 0.3) is 0 Å². The molecule has 1 fully saturated rings. The summed E-state index contributed by atoms with van der Waals surface area (Å²) in [5.41, 5.74) is 1.17. The fourth-order valence-electron chi connectivity index (χ4n) is 2.85. The van der Waals surface area contributed by atoms with Crippen molar-refractivity contribution in [3.05, 3.63) is 18.0 Å². The van der Waals surface area contributed by atoms with Crippen LogP contribution in [0.5, 0.6) is 0 Å². The largest absolute Gasteiger partial charge is 0.390 e. The predicted octanol–water partition coefficient (Wildman–Crippen LogP) is 0.251. The molecule has 0 unspecified atom stereocenters. The molecule has 1 saturated heterocycles. The number of nitrogens with one attached hydrogen (secondary N) is 1. The average molecular weight is 296 g/mol. The van der Waals surface area contributed by atoms with Crippen LogP contribution in [-0.4, -0.2) is 70.8 Å². The van der Waals surface area contributed by atoms with Gasteiger partial charge in [0.2, 0.25) is 0 Å². The monoisotopic (exact) mass is 296 g/mol. The summed E-state index contributed by atoms with van der Waals surface area (Å²) in [5.74, 6) is 0. The molecule has 6 heteroatoms. The molecule has 6 nitrogen and oxygen atoms in total.